The van der Waals surface area contributed by atoms with Crippen LogP contribution in [0.1, 0.15) is 70.0 Å². The van der Waals surface area contributed by atoms with Crippen LogP contribution < -0.4 is 10.1 Å². The molecule has 2 N–H and O–H groups in total. The van der Waals surface area contributed by atoms with Gasteiger partial charge in [0.2, 0.25) is 5.91 Å². The Balaban J connectivity index is 1.57. The fourth-order valence-corrected chi connectivity index (χ4v) is 7.07. The van der Waals surface area contributed by atoms with Crippen molar-refractivity contribution in [2.75, 3.05) is 7.11 Å². The van der Waals surface area contributed by atoms with Crippen molar-refractivity contribution in [1.29, 1.82) is 0 Å². The van der Waals surface area contributed by atoms with Gasteiger partial charge in [-0.05, 0) is 47.6 Å². The number of ether oxygens (including phenoxy) is 1. The Labute approximate surface area is 248 Å². The van der Waals surface area contributed by atoms with E-state index in [1.54, 1.807) is 24.4 Å². The van der Waals surface area contributed by atoms with Crippen molar-refractivity contribution in [3.63, 3.8) is 0 Å². The van der Waals surface area contributed by atoms with Crippen LogP contribution in [0.2, 0.25) is 0 Å². The summed E-state index contributed by atoms with van der Waals surface area (Å²) >= 11 is 0. The van der Waals surface area contributed by atoms with Gasteiger partial charge in [0.15, 0.2) is 0 Å². The van der Waals surface area contributed by atoms with Crippen molar-refractivity contribution in [3.05, 3.63) is 78.1 Å². The number of nitrogens with one attached hydrogen (secondary N) is 1. The molecule has 1 saturated heterocycles. The van der Waals surface area contributed by atoms with Gasteiger partial charge in [-0.1, -0.05) is 76.4 Å². The van der Waals surface area contributed by atoms with Crippen molar-refractivity contribution in [2.45, 2.75) is 77.5 Å². The number of methoxy groups -OCH3 is 1. The molecule has 8 nitrogen and oxygen atoms in total. The normalized spacial score (nSPS) is 23.1. The number of rotatable bonds is 8. The van der Waals surface area contributed by atoms with Crippen molar-refractivity contribution in [3.8, 4) is 16.9 Å². The zero-order chi connectivity index (χ0) is 29.9. The minimum absolute atomic E-state index is 0.0285. The zero-order valence-electron chi connectivity index (χ0n) is 25.0. The molecule has 1 amide bonds. The van der Waals surface area contributed by atoms with Crippen molar-refractivity contribution >= 4 is 11.9 Å². The van der Waals surface area contributed by atoms with Crippen molar-refractivity contribution < 1.29 is 19.4 Å². The minimum Gasteiger partial charge on any atom is -0.496 e. The molecule has 2 fully saturated rings. The SMILES string of the molecule is COc1ccc(-c2ccnnc2)cc1CN[C@H]1[C@H](C(C)(C)C)[C@@H](C(=O)O)N(C(=O)C2CCCCC2)[C@H]1c1ccccc1. The molecular weight excluding hydrogens is 528 g/mol. The Bertz CT molecular complexity index is 1370. The molecule has 3 aromatic rings. The van der Waals surface area contributed by atoms with Crippen LogP contribution in [0.4, 0.5) is 0 Å². The third kappa shape index (κ3) is 6.04. The predicted octanol–water partition coefficient (Wildman–Crippen LogP) is 5.89. The molecule has 1 aromatic heterocycles. The van der Waals surface area contributed by atoms with Gasteiger partial charge in [0.25, 0.3) is 0 Å². The van der Waals surface area contributed by atoms with E-state index in [4.69, 9.17) is 4.74 Å². The lowest BCUT2D eigenvalue weighted by molar-refractivity contribution is -0.154. The van der Waals surface area contributed by atoms with Crippen LogP contribution in [0.25, 0.3) is 11.1 Å². The summed E-state index contributed by atoms with van der Waals surface area (Å²) in [5.41, 5.74) is 3.42. The summed E-state index contributed by atoms with van der Waals surface area (Å²) < 4.78 is 5.73. The standard InChI is InChI=1S/C34H42N4O4/c1-34(2,3)28-29(35-20-26-19-24(15-16-27(26)42-4)25-17-18-36-37-21-25)30(22-11-7-5-8-12-22)38(31(28)33(40)41)32(39)23-13-9-6-10-14-23/h5,7-8,11-12,15-19,21,23,28-31,35H,6,9-10,13-14,20H2,1-4H3,(H,40,41)/t28-,29-,30-,31-/m0/s1. The summed E-state index contributed by atoms with van der Waals surface area (Å²) in [6.45, 7) is 6.68. The quantitative estimate of drug-likeness (QED) is 0.348. The highest BCUT2D eigenvalue weighted by molar-refractivity contribution is 5.87. The lowest BCUT2D eigenvalue weighted by Crippen LogP contribution is -2.49. The smallest absolute Gasteiger partial charge is 0.326 e. The number of amides is 1. The topological polar surface area (TPSA) is 105 Å². The van der Waals surface area contributed by atoms with E-state index in [-0.39, 0.29) is 23.8 Å². The molecule has 222 valence electrons. The van der Waals surface area contributed by atoms with Gasteiger partial charge in [-0.25, -0.2) is 4.79 Å². The third-order valence-corrected chi connectivity index (χ3v) is 9.00. The van der Waals surface area contributed by atoms with E-state index in [0.717, 1.165) is 60.1 Å². The van der Waals surface area contributed by atoms with Crippen molar-refractivity contribution in [2.24, 2.45) is 17.3 Å². The van der Waals surface area contributed by atoms with Gasteiger partial charge in [-0.15, -0.1) is 0 Å². The Morgan fingerprint density at radius 1 is 1.00 bits per heavy atom. The second-order valence-corrected chi connectivity index (χ2v) is 12.7. The van der Waals surface area contributed by atoms with Gasteiger partial charge in [0, 0.05) is 35.5 Å². The summed E-state index contributed by atoms with van der Waals surface area (Å²) in [5.74, 6) is -0.726. The Hall–Kier alpha value is -3.78. The Kier molecular flexibility index (Phi) is 8.92. The monoisotopic (exact) mass is 570 g/mol. The minimum atomic E-state index is -0.950. The molecule has 4 atom stereocenters. The number of likely N-dealkylation sites (tertiary alicyclic amines) is 1. The Morgan fingerprint density at radius 2 is 1.74 bits per heavy atom. The van der Waals surface area contributed by atoms with Gasteiger partial charge in [-0.2, -0.15) is 10.2 Å². The number of aliphatic carboxylic acids is 1. The summed E-state index contributed by atoms with van der Waals surface area (Å²) in [4.78, 5) is 29.1. The number of carbonyl (C=O) groups excluding carboxylic acids is 1. The Morgan fingerprint density at radius 3 is 2.36 bits per heavy atom. The molecule has 2 aliphatic rings. The highest BCUT2D eigenvalue weighted by Crippen LogP contribution is 2.49. The fourth-order valence-electron chi connectivity index (χ4n) is 7.07. The molecule has 0 spiro atoms. The maximum Gasteiger partial charge on any atom is 0.326 e. The molecule has 0 bridgehead atoms. The van der Waals surface area contributed by atoms with Crippen molar-refractivity contribution in [1.82, 2.24) is 20.4 Å². The zero-order valence-corrected chi connectivity index (χ0v) is 25.0. The first-order chi connectivity index (χ1) is 20.2. The first-order valence-electron chi connectivity index (χ1n) is 15.0. The van der Waals surface area contributed by atoms with Crippen LogP contribution in [0, 0.1) is 17.3 Å². The molecule has 2 heterocycles. The van der Waals surface area contributed by atoms with Gasteiger partial charge < -0.3 is 20.1 Å². The maximum absolute atomic E-state index is 14.3. The second kappa shape index (κ2) is 12.6. The number of aromatic nitrogens is 2. The number of hydrogen-bond acceptors (Lipinski definition) is 6. The fraction of sp³-hybridized carbons (Fsp3) is 0.471. The lowest BCUT2D eigenvalue weighted by Gasteiger charge is -2.36. The third-order valence-electron chi connectivity index (χ3n) is 9.00. The van der Waals surface area contributed by atoms with Crippen LogP contribution >= 0.6 is 0 Å². The highest BCUT2D eigenvalue weighted by atomic mass is 16.5. The highest BCUT2D eigenvalue weighted by Gasteiger charge is 2.58. The number of nitrogens with zero attached hydrogens (tertiary/aromatic N) is 3. The van der Waals surface area contributed by atoms with Gasteiger partial charge in [0.05, 0.1) is 25.5 Å². The molecule has 42 heavy (non-hydrogen) atoms. The number of carboxylic acid groups (broad SMARTS) is 1. The summed E-state index contributed by atoms with van der Waals surface area (Å²) in [6.07, 6.45) is 8.16. The molecular formula is C34H42N4O4. The van der Waals surface area contributed by atoms with E-state index < -0.39 is 23.5 Å². The molecule has 2 aromatic carbocycles. The molecule has 1 saturated carbocycles. The lowest BCUT2D eigenvalue weighted by atomic mass is 9.72. The first-order valence-corrected chi connectivity index (χ1v) is 15.0. The van der Waals surface area contributed by atoms with Gasteiger partial charge >= 0.3 is 5.97 Å². The van der Waals surface area contributed by atoms with E-state index in [9.17, 15) is 14.7 Å². The van der Waals surface area contributed by atoms with Gasteiger partial charge in [-0.3, -0.25) is 4.79 Å². The number of benzene rings is 2. The van der Waals surface area contributed by atoms with Gasteiger partial charge in [0.1, 0.15) is 11.8 Å². The average molecular weight is 571 g/mol. The predicted molar refractivity (Wildman–Crippen MR) is 162 cm³/mol. The van der Waals surface area contributed by atoms with E-state index in [1.165, 1.54) is 0 Å². The summed E-state index contributed by atoms with van der Waals surface area (Å²) in [5, 5.41) is 22.4. The number of carboxylic acids is 1. The maximum atomic E-state index is 14.3. The number of carbonyl (C=O) groups is 2. The number of hydrogen-bond donors (Lipinski definition) is 2. The van der Waals surface area contributed by atoms with E-state index in [0.29, 0.717) is 6.54 Å². The van der Waals surface area contributed by atoms with Crippen LogP contribution in [-0.4, -0.2) is 51.3 Å². The molecule has 5 rings (SSSR count). The van der Waals surface area contributed by atoms with Crippen LogP contribution in [0.5, 0.6) is 5.75 Å². The first kappa shape index (κ1) is 29.7. The molecule has 1 aliphatic carbocycles. The van der Waals surface area contributed by atoms with E-state index in [1.807, 2.05) is 48.5 Å². The van der Waals surface area contributed by atoms with Crippen LogP contribution in [0.15, 0.2) is 67.0 Å². The average Bonchev–Trinajstić information content (AvgIpc) is 3.37. The largest absolute Gasteiger partial charge is 0.496 e. The molecule has 8 heteroatoms. The second-order valence-electron chi connectivity index (χ2n) is 12.7. The summed E-state index contributed by atoms with van der Waals surface area (Å²) in [7, 11) is 1.65. The van der Waals surface area contributed by atoms with E-state index >= 15 is 0 Å². The van der Waals surface area contributed by atoms with Crippen LogP contribution in [0.3, 0.4) is 0 Å². The van der Waals surface area contributed by atoms with Crippen LogP contribution in [-0.2, 0) is 16.1 Å². The molecule has 0 radical (unpaired) electrons. The summed E-state index contributed by atoms with van der Waals surface area (Å²) in [6, 6.07) is 16.1. The molecule has 0 unspecified atom stereocenters. The molecule has 1 aliphatic heterocycles. The van der Waals surface area contributed by atoms with E-state index in [2.05, 4.69) is 42.4 Å².